The Labute approximate surface area is 113 Å². The van der Waals surface area contributed by atoms with Crippen LogP contribution in [-0.2, 0) is 4.79 Å². The number of aryl methyl sites for hydroxylation is 1. The van der Waals surface area contributed by atoms with Crippen molar-refractivity contribution in [2.75, 3.05) is 26.1 Å². The molecule has 5 nitrogen and oxygen atoms in total. The molecule has 0 aromatic heterocycles. The van der Waals surface area contributed by atoms with Crippen LogP contribution in [0.4, 0.5) is 5.69 Å². The number of carboxylic acid groups (broad SMARTS) is 1. The second-order valence-corrected chi connectivity index (χ2v) is 4.35. The highest BCUT2D eigenvalue weighted by Gasteiger charge is 2.16. The van der Waals surface area contributed by atoms with Gasteiger partial charge in [0.1, 0.15) is 11.5 Å². The standard InChI is InChI=1S/C14H21NO4/c1-5-10(14(16)17)8-15-11-7-12(18-3)9(2)6-13(11)19-4/h6-7,10,15H,5,8H2,1-4H3,(H,16,17). The van der Waals surface area contributed by atoms with Gasteiger partial charge in [0.05, 0.1) is 25.8 Å². The highest BCUT2D eigenvalue weighted by atomic mass is 16.5. The van der Waals surface area contributed by atoms with Crippen molar-refractivity contribution in [3.63, 3.8) is 0 Å². The maximum atomic E-state index is 11.0. The Balaban J connectivity index is 2.90. The zero-order chi connectivity index (χ0) is 14.4. The zero-order valence-corrected chi connectivity index (χ0v) is 11.8. The van der Waals surface area contributed by atoms with E-state index in [4.69, 9.17) is 14.6 Å². The number of anilines is 1. The number of nitrogens with one attached hydrogen (secondary N) is 1. The third-order valence-corrected chi connectivity index (χ3v) is 3.10. The summed E-state index contributed by atoms with van der Waals surface area (Å²) in [5, 5.41) is 12.1. The third kappa shape index (κ3) is 3.77. The summed E-state index contributed by atoms with van der Waals surface area (Å²) in [5.74, 6) is 0.204. The van der Waals surface area contributed by atoms with Crippen LogP contribution in [0.15, 0.2) is 12.1 Å². The fourth-order valence-electron chi connectivity index (χ4n) is 1.83. The van der Waals surface area contributed by atoms with Crippen molar-refractivity contribution in [1.29, 1.82) is 0 Å². The summed E-state index contributed by atoms with van der Waals surface area (Å²) < 4.78 is 10.5. The number of carboxylic acids is 1. The van der Waals surface area contributed by atoms with Gasteiger partial charge >= 0.3 is 5.97 Å². The summed E-state index contributed by atoms with van der Waals surface area (Å²) in [6.07, 6.45) is 0.577. The molecule has 0 amide bonds. The van der Waals surface area contributed by atoms with E-state index in [0.29, 0.717) is 18.7 Å². The second-order valence-electron chi connectivity index (χ2n) is 4.35. The van der Waals surface area contributed by atoms with Gasteiger partial charge in [0.25, 0.3) is 0 Å². The minimum absolute atomic E-state index is 0.356. The topological polar surface area (TPSA) is 67.8 Å². The summed E-state index contributed by atoms with van der Waals surface area (Å²) >= 11 is 0. The summed E-state index contributed by atoms with van der Waals surface area (Å²) in [7, 11) is 3.19. The van der Waals surface area contributed by atoms with Crippen LogP contribution in [-0.4, -0.2) is 31.8 Å². The summed E-state index contributed by atoms with van der Waals surface area (Å²) in [4.78, 5) is 11.0. The van der Waals surface area contributed by atoms with Crippen LogP contribution in [0, 0.1) is 12.8 Å². The molecule has 1 aromatic carbocycles. The quantitative estimate of drug-likeness (QED) is 0.794. The predicted molar refractivity (Wildman–Crippen MR) is 74.2 cm³/mol. The van der Waals surface area contributed by atoms with Crippen LogP contribution >= 0.6 is 0 Å². The van der Waals surface area contributed by atoms with E-state index < -0.39 is 11.9 Å². The van der Waals surface area contributed by atoms with Crippen LogP contribution in [0.1, 0.15) is 18.9 Å². The lowest BCUT2D eigenvalue weighted by Crippen LogP contribution is -2.22. The van der Waals surface area contributed by atoms with Crippen LogP contribution in [0.2, 0.25) is 0 Å². The Morgan fingerprint density at radius 1 is 1.32 bits per heavy atom. The molecule has 2 N–H and O–H groups in total. The first-order valence-corrected chi connectivity index (χ1v) is 6.22. The number of aliphatic carboxylic acids is 1. The predicted octanol–water partition coefficient (Wildman–Crippen LogP) is 2.53. The Kier molecular flexibility index (Phi) is 5.48. The van der Waals surface area contributed by atoms with Crippen molar-refractivity contribution in [3.8, 4) is 11.5 Å². The number of rotatable bonds is 7. The van der Waals surface area contributed by atoms with Crippen LogP contribution in [0.3, 0.4) is 0 Å². The number of hydrogen-bond acceptors (Lipinski definition) is 4. The number of hydrogen-bond donors (Lipinski definition) is 2. The van der Waals surface area contributed by atoms with Gasteiger partial charge in [-0.15, -0.1) is 0 Å². The molecule has 19 heavy (non-hydrogen) atoms. The minimum atomic E-state index is -0.798. The van der Waals surface area contributed by atoms with Crippen LogP contribution in [0.5, 0.6) is 11.5 Å². The molecule has 0 aliphatic heterocycles. The fourth-order valence-corrected chi connectivity index (χ4v) is 1.83. The normalized spacial score (nSPS) is 11.8. The largest absolute Gasteiger partial charge is 0.496 e. The molecule has 1 unspecified atom stereocenters. The molecular formula is C14H21NO4. The molecule has 5 heteroatoms. The zero-order valence-electron chi connectivity index (χ0n) is 11.8. The van der Waals surface area contributed by atoms with Crippen molar-refractivity contribution in [2.24, 2.45) is 5.92 Å². The van der Waals surface area contributed by atoms with Gasteiger partial charge in [0.15, 0.2) is 0 Å². The number of carbonyl (C=O) groups is 1. The number of methoxy groups -OCH3 is 2. The molecule has 0 aliphatic rings. The molecule has 0 saturated heterocycles. The van der Waals surface area contributed by atoms with Gasteiger partial charge in [-0.25, -0.2) is 0 Å². The molecular weight excluding hydrogens is 246 g/mol. The van der Waals surface area contributed by atoms with Crippen LogP contribution in [0.25, 0.3) is 0 Å². The molecule has 0 spiro atoms. The fraction of sp³-hybridized carbons (Fsp3) is 0.500. The van der Waals surface area contributed by atoms with Gasteiger partial charge in [-0.05, 0) is 25.0 Å². The van der Waals surface area contributed by atoms with Gasteiger partial charge in [0, 0.05) is 12.6 Å². The summed E-state index contributed by atoms with van der Waals surface area (Å²) in [6.45, 7) is 4.14. The molecule has 0 radical (unpaired) electrons. The average Bonchev–Trinajstić information content (AvgIpc) is 2.39. The molecule has 0 bridgehead atoms. The Morgan fingerprint density at radius 2 is 1.95 bits per heavy atom. The highest BCUT2D eigenvalue weighted by Crippen LogP contribution is 2.32. The van der Waals surface area contributed by atoms with Gasteiger partial charge in [-0.2, -0.15) is 0 Å². The minimum Gasteiger partial charge on any atom is -0.496 e. The third-order valence-electron chi connectivity index (χ3n) is 3.10. The van der Waals surface area contributed by atoms with E-state index >= 15 is 0 Å². The maximum absolute atomic E-state index is 11.0. The van der Waals surface area contributed by atoms with Crippen molar-refractivity contribution < 1.29 is 19.4 Å². The summed E-state index contributed by atoms with van der Waals surface area (Å²) in [6, 6.07) is 3.69. The summed E-state index contributed by atoms with van der Waals surface area (Å²) in [5.41, 5.74) is 1.71. The average molecular weight is 267 g/mol. The van der Waals surface area contributed by atoms with Gasteiger partial charge in [-0.1, -0.05) is 6.92 Å². The van der Waals surface area contributed by atoms with E-state index in [-0.39, 0.29) is 0 Å². The first-order valence-electron chi connectivity index (χ1n) is 6.22. The van der Waals surface area contributed by atoms with Crippen molar-refractivity contribution in [1.82, 2.24) is 0 Å². The first kappa shape index (κ1) is 15.1. The monoisotopic (exact) mass is 267 g/mol. The van der Waals surface area contributed by atoms with E-state index in [1.165, 1.54) is 0 Å². The van der Waals surface area contributed by atoms with E-state index in [9.17, 15) is 4.79 Å². The molecule has 0 saturated carbocycles. The smallest absolute Gasteiger partial charge is 0.308 e. The van der Waals surface area contributed by atoms with Crippen molar-refractivity contribution >= 4 is 11.7 Å². The molecule has 1 rings (SSSR count). The van der Waals surface area contributed by atoms with E-state index in [1.54, 1.807) is 14.2 Å². The number of benzene rings is 1. The molecule has 1 aromatic rings. The lowest BCUT2D eigenvalue weighted by Gasteiger charge is -2.16. The molecule has 106 valence electrons. The van der Waals surface area contributed by atoms with Gasteiger partial charge in [-0.3, -0.25) is 4.79 Å². The molecule has 0 aliphatic carbocycles. The Bertz CT molecular complexity index is 445. The van der Waals surface area contributed by atoms with Crippen molar-refractivity contribution in [2.45, 2.75) is 20.3 Å². The Hall–Kier alpha value is -1.91. The van der Waals surface area contributed by atoms with Crippen LogP contribution < -0.4 is 14.8 Å². The molecule has 1 atom stereocenters. The lowest BCUT2D eigenvalue weighted by molar-refractivity contribution is -0.141. The molecule has 0 fully saturated rings. The number of ether oxygens (including phenoxy) is 2. The van der Waals surface area contributed by atoms with E-state index in [1.807, 2.05) is 26.0 Å². The van der Waals surface area contributed by atoms with Gasteiger partial charge in [0.2, 0.25) is 0 Å². The molecule has 0 heterocycles. The van der Waals surface area contributed by atoms with E-state index in [0.717, 1.165) is 17.0 Å². The maximum Gasteiger partial charge on any atom is 0.308 e. The van der Waals surface area contributed by atoms with E-state index in [2.05, 4.69) is 5.32 Å². The SMILES string of the molecule is CCC(CNc1cc(OC)c(C)cc1OC)C(=O)O. The van der Waals surface area contributed by atoms with Crippen molar-refractivity contribution in [3.05, 3.63) is 17.7 Å². The first-order chi connectivity index (χ1) is 9.03. The Morgan fingerprint density at radius 3 is 2.42 bits per heavy atom. The lowest BCUT2D eigenvalue weighted by atomic mass is 10.1. The highest BCUT2D eigenvalue weighted by molar-refractivity contribution is 5.71. The second kappa shape index (κ2) is 6.87. The van der Waals surface area contributed by atoms with Gasteiger partial charge < -0.3 is 19.9 Å².